The molecule has 0 aliphatic heterocycles. The van der Waals surface area contributed by atoms with Gasteiger partial charge in [0.25, 0.3) is 0 Å². The van der Waals surface area contributed by atoms with Crippen molar-refractivity contribution in [1.29, 1.82) is 0 Å². The molecule has 5 heteroatoms. The average molecular weight is 224 g/mol. The van der Waals surface area contributed by atoms with Gasteiger partial charge in [-0.05, 0) is 25.0 Å². The largest absolute Gasteiger partial charge is 0.495 e. The van der Waals surface area contributed by atoms with Crippen LogP contribution in [0.2, 0.25) is 0 Å². The van der Waals surface area contributed by atoms with Gasteiger partial charge in [-0.3, -0.25) is 9.78 Å². The fourth-order valence-electron chi connectivity index (χ4n) is 1.27. The summed E-state index contributed by atoms with van der Waals surface area (Å²) in [7, 11) is 1.56. The Labute approximate surface area is 94.6 Å². The number of aromatic nitrogens is 1. The summed E-state index contributed by atoms with van der Waals surface area (Å²) in [5.74, 6) is 0.249. The predicted molar refractivity (Wildman–Crippen MR) is 59.1 cm³/mol. The minimum atomic E-state index is -0.658. The fourth-order valence-corrected chi connectivity index (χ4v) is 1.27. The molecule has 0 bridgehead atoms. The summed E-state index contributed by atoms with van der Waals surface area (Å²) in [4.78, 5) is 15.3. The maximum absolute atomic E-state index is 11.3. The zero-order valence-electron chi connectivity index (χ0n) is 9.47. The van der Waals surface area contributed by atoms with Crippen LogP contribution >= 0.6 is 0 Å². The van der Waals surface area contributed by atoms with Gasteiger partial charge in [0.15, 0.2) is 0 Å². The van der Waals surface area contributed by atoms with Gasteiger partial charge in [-0.25, -0.2) is 0 Å². The van der Waals surface area contributed by atoms with E-state index < -0.39 is 12.0 Å². The molecule has 0 saturated carbocycles. The molecule has 0 fully saturated rings. The number of ether oxygens (including phenoxy) is 2. The fraction of sp³-hybridized carbons (Fsp3) is 0.455. The number of carbonyl (C=O) groups is 1. The minimum absolute atomic E-state index is 0.336. The second-order valence-corrected chi connectivity index (χ2v) is 3.30. The first kappa shape index (κ1) is 12.4. The monoisotopic (exact) mass is 224 g/mol. The van der Waals surface area contributed by atoms with E-state index >= 15 is 0 Å². The highest BCUT2D eigenvalue weighted by Gasteiger charge is 2.15. The van der Waals surface area contributed by atoms with Crippen LogP contribution in [0.25, 0.3) is 0 Å². The first-order valence-corrected chi connectivity index (χ1v) is 5.07. The molecule has 1 rings (SSSR count). The molecule has 16 heavy (non-hydrogen) atoms. The van der Waals surface area contributed by atoms with Crippen LogP contribution < -0.4 is 10.5 Å². The first-order valence-electron chi connectivity index (χ1n) is 5.07. The van der Waals surface area contributed by atoms with Crippen molar-refractivity contribution in [3.05, 3.63) is 24.0 Å². The van der Waals surface area contributed by atoms with Crippen LogP contribution in [-0.2, 0) is 16.0 Å². The van der Waals surface area contributed by atoms with Crippen molar-refractivity contribution in [2.24, 2.45) is 5.73 Å². The molecule has 88 valence electrons. The lowest BCUT2D eigenvalue weighted by atomic mass is 10.1. The average Bonchev–Trinajstić information content (AvgIpc) is 2.29. The topological polar surface area (TPSA) is 74.4 Å². The molecule has 1 aromatic rings. The Morgan fingerprint density at radius 2 is 2.31 bits per heavy atom. The van der Waals surface area contributed by atoms with Gasteiger partial charge in [0, 0.05) is 6.20 Å². The summed E-state index contributed by atoms with van der Waals surface area (Å²) in [5.41, 5.74) is 6.53. The number of rotatable bonds is 5. The lowest BCUT2D eigenvalue weighted by Crippen LogP contribution is -2.34. The molecule has 1 aromatic heterocycles. The highest BCUT2D eigenvalue weighted by Crippen LogP contribution is 2.11. The van der Waals surface area contributed by atoms with Gasteiger partial charge in [0.05, 0.1) is 19.9 Å². The Morgan fingerprint density at radius 3 is 2.94 bits per heavy atom. The van der Waals surface area contributed by atoms with Gasteiger partial charge in [-0.15, -0.1) is 0 Å². The van der Waals surface area contributed by atoms with Gasteiger partial charge >= 0.3 is 5.97 Å². The number of carbonyl (C=O) groups excluding carboxylic acids is 1. The molecule has 1 atom stereocenters. The number of hydrogen-bond donors (Lipinski definition) is 1. The van der Waals surface area contributed by atoms with Gasteiger partial charge in [-0.1, -0.05) is 0 Å². The number of nitrogens with two attached hydrogens (primary N) is 1. The SMILES string of the molecule is CCOC(=O)C(N)Cc1cncc(OC)c1. The molecule has 5 nitrogen and oxygen atoms in total. The summed E-state index contributed by atoms with van der Waals surface area (Å²) in [6.07, 6.45) is 3.64. The van der Waals surface area contributed by atoms with Crippen molar-refractivity contribution < 1.29 is 14.3 Å². The van der Waals surface area contributed by atoms with E-state index in [-0.39, 0.29) is 0 Å². The van der Waals surface area contributed by atoms with Crippen LogP contribution in [0.15, 0.2) is 18.5 Å². The molecule has 0 amide bonds. The first-order chi connectivity index (χ1) is 7.67. The zero-order valence-corrected chi connectivity index (χ0v) is 9.47. The van der Waals surface area contributed by atoms with E-state index in [9.17, 15) is 4.79 Å². The van der Waals surface area contributed by atoms with E-state index in [0.717, 1.165) is 5.56 Å². The van der Waals surface area contributed by atoms with Crippen molar-refractivity contribution in [3.63, 3.8) is 0 Å². The van der Waals surface area contributed by atoms with Crippen molar-refractivity contribution in [1.82, 2.24) is 4.98 Å². The summed E-state index contributed by atoms with van der Waals surface area (Å²) >= 11 is 0. The molecule has 0 aliphatic rings. The van der Waals surface area contributed by atoms with E-state index in [1.807, 2.05) is 0 Å². The highest BCUT2D eigenvalue weighted by atomic mass is 16.5. The Kier molecular flexibility index (Phi) is 4.72. The predicted octanol–water partition coefficient (Wildman–Crippen LogP) is 0.523. The molecule has 1 unspecified atom stereocenters. The number of pyridine rings is 1. The van der Waals surface area contributed by atoms with E-state index in [0.29, 0.717) is 18.8 Å². The zero-order chi connectivity index (χ0) is 12.0. The number of nitrogens with zero attached hydrogens (tertiary/aromatic N) is 1. The number of methoxy groups -OCH3 is 1. The van der Waals surface area contributed by atoms with E-state index in [1.54, 1.807) is 32.5 Å². The third-order valence-corrected chi connectivity index (χ3v) is 2.05. The van der Waals surface area contributed by atoms with Gasteiger partial charge in [0.1, 0.15) is 11.8 Å². The van der Waals surface area contributed by atoms with Gasteiger partial charge in [-0.2, -0.15) is 0 Å². The van der Waals surface area contributed by atoms with Crippen LogP contribution in [0, 0.1) is 0 Å². The smallest absolute Gasteiger partial charge is 0.323 e. The van der Waals surface area contributed by atoms with Crippen molar-refractivity contribution >= 4 is 5.97 Å². The molecular formula is C11H16N2O3. The maximum Gasteiger partial charge on any atom is 0.323 e. The quantitative estimate of drug-likeness (QED) is 0.738. The van der Waals surface area contributed by atoms with Crippen LogP contribution in [0.4, 0.5) is 0 Å². The standard InChI is InChI=1S/C11H16N2O3/c1-3-16-11(14)10(12)5-8-4-9(15-2)7-13-6-8/h4,6-7,10H,3,5,12H2,1-2H3. The number of esters is 1. The Bertz CT molecular complexity index is 355. The third kappa shape index (κ3) is 3.51. The van der Waals surface area contributed by atoms with Crippen LogP contribution in [-0.4, -0.2) is 30.7 Å². The van der Waals surface area contributed by atoms with Crippen molar-refractivity contribution in [2.75, 3.05) is 13.7 Å². The summed E-state index contributed by atoms with van der Waals surface area (Å²) < 4.78 is 9.84. The Morgan fingerprint density at radius 1 is 1.56 bits per heavy atom. The second kappa shape index (κ2) is 6.07. The molecule has 0 aliphatic carbocycles. The van der Waals surface area contributed by atoms with E-state index in [1.165, 1.54) is 0 Å². The van der Waals surface area contributed by atoms with Gasteiger partial charge in [0.2, 0.25) is 0 Å². The molecule has 1 heterocycles. The van der Waals surface area contributed by atoms with Crippen LogP contribution in [0.1, 0.15) is 12.5 Å². The van der Waals surface area contributed by atoms with Crippen molar-refractivity contribution in [2.45, 2.75) is 19.4 Å². The Balaban J connectivity index is 2.61. The third-order valence-electron chi connectivity index (χ3n) is 2.05. The van der Waals surface area contributed by atoms with E-state index in [2.05, 4.69) is 4.98 Å². The maximum atomic E-state index is 11.3. The van der Waals surface area contributed by atoms with Crippen LogP contribution in [0.5, 0.6) is 5.75 Å². The molecule has 2 N–H and O–H groups in total. The molecule has 0 saturated heterocycles. The normalized spacial score (nSPS) is 11.9. The molecule has 0 spiro atoms. The van der Waals surface area contributed by atoms with Crippen LogP contribution in [0.3, 0.4) is 0 Å². The molecule has 0 aromatic carbocycles. The second-order valence-electron chi connectivity index (χ2n) is 3.30. The summed E-state index contributed by atoms with van der Waals surface area (Å²) in [5, 5.41) is 0. The lowest BCUT2D eigenvalue weighted by Gasteiger charge is -2.10. The van der Waals surface area contributed by atoms with E-state index in [4.69, 9.17) is 15.2 Å². The summed E-state index contributed by atoms with van der Waals surface area (Å²) in [6.45, 7) is 2.08. The highest BCUT2D eigenvalue weighted by molar-refractivity contribution is 5.75. The lowest BCUT2D eigenvalue weighted by molar-refractivity contribution is -0.144. The molecule has 0 radical (unpaired) electrons. The van der Waals surface area contributed by atoms with Gasteiger partial charge < -0.3 is 15.2 Å². The minimum Gasteiger partial charge on any atom is -0.495 e. The summed E-state index contributed by atoms with van der Waals surface area (Å²) in [6, 6.07) is 1.14. The molecular weight excluding hydrogens is 208 g/mol. The Hall–Kier alpha value is -1.62. The number of hydrogen-bond acceptors (Lipinski definition) is 5. The van der Waals surface area contributed by atoms with Crippen molar-refractivity contribution in [3.8, 4) is 5.75 Å².